The fourth-order valence-corrected chi connectivity index (χ4v) is 4.65. The fraction of sp³-hybridized carbons (Fsp3) is 0.722. The van der Waals surface area contributed by atoms with E-state index in [1.54, 1.807) is 13.4 Å². The number of aromatic nitrogens is 4. The van der Waals surface area contributed by atoms with Gasteiger partial charge in [-0.2, -0.15) is 0 Å². The smallest absolute Gasteiger partial charge is 0.165 e. The lowest BCUT2D eigenvalue weighted by Crippen LogP contribution is -2.50. The Hall–Kier alpha value is -1.73. The molecule has 1 unspecified atom stereocenters. The maximum absolute atomic E-state index is 5.29. The van der Waals surface area contributed by atoms with Crippen molar-refractivity contribution in [3.05, 3.63) is 12.7 Å². The minimum atomic E-state index is 0.515. The molecule has 4 heterocycles. The minimum absolute atomic E-state index is 0.515. The average molecular weight is 344 g/mol. The second kappa shape index (κ2) is 6.88. The first kappa shape index (κ1) is 16.7. The van der Waals surface area contributed by atoms with Crippen molar-refractivity contribution in [2.24, 2.45) is 0 Å². The number of piperidine rings is 1. The normalized spacial score (nSPS) is 26.4. The van der Waals surface area contributed by atoms with E-state index in [9.17, 15) is 0 Å². The van der Waals surface area contributed by atoms with Gasteiger partial charge >= 0.3 is 0 Å². The van der Waals surface area contributed by atoms with Gasteiger partial charge < -0.3 is 14.2 Å². The van der Waals surface area contributed by atoms with E-state index in [1.807, 2.05) is 6.33 Å². The first-order chi connectivity index (χ1) is 12.2. The predicted molar refractivity (Wildman–Crippen MR) is 97.8 cm³/mol. The Kier molecular flexibility index (Phi) is 4.60. The maximum Gasteiger partial charge on any atom is 0.165 e. The van der Waals surface area contributed by atoms with Gasteiger partial charge in [0.15, 0.2) is 17.0 Å². The molecule has 0 saturated carbocycles. The Morgan fingerprint density at radius 1 is 1.20 bits per heavy atom. The zero-order valence-corrected chi connectivity index (χ0v) is 15.4. The SMILES string of the molecule is CCn1cnc2c(N(C)C3C[C@H]4CC[C@@H](C3)N4CCOC)ncnc21. The largest absolute Gasteiger partial charge is 0.383 e. The van der Waals surface area contributed by atoms with E-state index in [4.69, 9.17) is 4.74 Å². The summed E-state index contributed by atoms with van der Waals surface area (Å²) in [6.07, 6.45) is 8.54. The van der Waals surface area contributed by atoms with Crippen LogP contribution in [0.3, 0.4) is 0 Å². The van der Waals surface area contributed by atoms with E-state index in [-0.39, 0.29) is 0 Å². The summed E-state index contributed by atoms with van der Waals surface area (Å²) in [4.78, 5) is 18.6. The Morgan fingerprint density at radius 2 is 1.96 bits per heavy atom. The van der Waals surface area contributed by atoms with Crippen molar-refractivity contribution in [2.45, 2.75) is 57.3 Å². The standard InChI is InChI=1S/C18H28N6O/c1-4-23-12-21-16-17(19-11-20-18(16)23)22(2)15-9-13-5-6-14(10-15)24(13)7-8-25-3/h11-15H,4-10H2,1-3H3/t13-,14+,15?. The van der Waals surface area contributed by atoms with E-state index in [1.165, 1.54) is 25.7 Å². The predicted octanol–water partition coefficient (Wildman–Crippen LogP) is 1.92. The molecule has 2 saturated heterocycles. The first-order valence-corrected chi connectivity index (χ1v) is 9.36. The Balaban J connectivity index is 1.55. The molecule has 0 spiro atoms. The van der Waals surface area contributed by atoms with Crippen LogP contribution in [-0.4, -0.2) is 69.9 Å². The second-order valence-electron chi connectivity index (χ2n) is 7.25. The Bertz CT molecular complexity index is 717. The zero-order valence-electron chi connectivity index (χ0n) is 15.4. The molecule has 0 aliphatic carbocycles. The average Bonchev–Trinajstić information content (AvgIpc) is 3.16. The lowest BCUT2D eigenvalue weighted by atomic mass is 9.96. The van der Waals surface area contributed by atoms with Crippen molar-refractivity contribution in [1.29, 1.82) is 0 Å². The number of anilines is 1. The molecule has 2 aromatic rings. The highest BCUT2D eigenvalue weighted by molar-refractivity contribution is 5.83. The Morgan fingerprint density at radius 3 is 2.64 bits per heavy atom. The molecular weight excluding hydrogens is 316 g/mol. The van der Waals surface area contributed by atoms with Crippen molar-refractivity contribution in [3.63, 3.8) is 0 Å². The molecule has 2 aromatic heterocycles. The van der Waals surface area contributed by atoms with Crippen LogP contribution in [0.5, 0.6) is 0 Å². The van der Waals surface area contributed by atoms with Gasteiger partial charge in [-0.1, -0.05) is 0 Å². The number of nitrogens with zero attached hydrogens (tertiary/aromatic N) is 6. The van der Waals surface area contributed by atoms with E-state index in [0.29, 0.717) is 18.1 Å². The highest BCUT2D eigenvalue weighted by Gasteiger charge is 2.41. The molecule has 136 valence electrons. The molecule has 7 nitrogen and oxygen atoms in total. The molecule has 25 heavy (non-hydrogen) atoms. The van der Waals surface area contributed by atoms with E-state index < -0.39 is 0 Å². The van der Waals surface area contributed by atoms with Gasteiger partial charge in [0.2, 0.25) is 0 Å². The molecule has 2 aliphatic heterocycles. The summed E-state index contributed by atoms with van der Waals surface area (Å²) in [5, 5.41) is 0. The van der Waals surface area contributed by atoms with Crippen LogP contribution in [0.15, 0.2) is 12.7 Å². The second-order valence-corrected chi connectivity index (χ2v) is 7.25. The Labute approximate surface area is 149 Å². The summed E-state index contributed by atoms with van der Waals surface area (Å²) >= 11 is 0. The summed E-state index contributed by atoms with van der Waals surface area (Å²) < 4.78 is 7.37. The molecule has 0 amide bonds. The van der Waals surface area contributed by atoms with Gasteiger partial charge in [0.1, 0.15) is 6.33 Å². The van der Waals surface area contributed by atoms with Crippen molar-refractivity contribution in [1.82, 2.24) is 24.4 Å². The van der Waals surface area contributed by atoms with Crippen LogP contribution in [0.4, 0.5) is 5.82 Å². The van der Waals surface area contributed by atoms with Crippen molar-refractivity contribution < 1.29 is 4.74 Å². The molecule has 0 N–H and O–H groups in total. The van der Waals surface area contributed by atoms with Crippen molar-refractivity contribution >= 4 is 17.0 Å². The monoisotopic (exact) mass is 344 g/mol. The summed E-state index contributed by atoms with van der Waals surface area (Å²) in [6, 6.07) is 1.86. The van der Waals surface area contributed by atoms with Gasteiger partial charge in [-0.25, -0.2) is 15.0 Å². The van der Waals surface area contributed by atoms with Crippen LogP contribution in [0.1, 0.15) is 32.6 Å². The molecular formula is C18H28N6O. The van der Waals surface area contributed by atoms with Gasteiger partial charge in [-0.05, 0) is 32.6 Å². The molecule has 2 aliphatic rings. The molecule has 4 rings (SSSR count). The van der Waals surface area contributed by atoms with Crippen LogP contribution in [0.2, 0.25) is 0 Å². The van der Waals surface area contributed by atoms with E-state index >= 15 is 0 Å². The van der Waals surface area contributed by atoms with Gasteiger partial charge in [0.05, 0.1) is 12.9 Å². The van der Waals surface area contributed by atoms with E-state index in [2.05, 4.69) is 43.3 Å². The number of ether oxygens (including phenoxy) is 1. The molecule has 2 bridgehead atoms. The highest BCUT2D eigenvalue weighted by atomic mass is 16.5. The van der Waals surface area contributed by atoms with Gasteiger partial charge in [0, 0.05) is 45.4 Å². The lowest BCUT2D eigenvalue weighted by molar-refractivity contribution is 0.0831. The number of imidazole rings is 1. The van der Waals surface area contributed by atoms with Crippen LogP contribution in [0.25, 0.3) is 11.2 Å². The fourth-order valence-electron chi connectivity index (χ4n) is 4.65. The van der Waals surface area contributed by atoms with Gasteiger partial charge in [-0.3, -0.25) is 4.90 Å². The topological polar surface area (TPSA) is 59.3 Å². The van der Waals surface area contributed by atoms with Crippen LogP contribution in [-0.2, 0) is 11.3 Å². The quantitative estimate of drug-likeness (QED) is 0.798. The minimum Gasteiger partial charge on any atom is -0.383 e. The third-order valence-corrected chi connectivity index (χ3v) is 6.02. The maximum atomic E-state index is 5.29. The summed E-state index contributed by atoms with van der Waals surface area (Å²) in [7, 11) is 3.96. The van der Waals surface area contributed by atoms with Crippen molar-refractivity contribution in [2.75, 3.05) is 32.2 Å². The zero-order chi connectivity index (χ0) is 17.4. The number of hydrogen-bond acceptors (Lipinski definition) is 6. The molecule has 0 radical (unpaired) electrons. The van der Waals surface area contributed by atoms with Gasteiger partial charge in [0.25, 0.3) is 0 Å². The number of hydrogen-bond donors (Lipinski definition) is 0. The summed E-state index contributed by atoms with van der Waals surface area (Å²) in [5.74, 6) is 0.965. The third-order valence-electron chi connectivity index (χ3n) is 6.02. The third kappa shape index (κ3) is 2.89. The molecule has 3 atom stereocenters. The summed E-state index contributed by atoms with van der Waals surface area (Å²) in [5.41, 5.74) is 1.85. The lowest BCUT2D eigenvalue weighted by Gasteiger charge is -2.42. The highest BCUT2D eigenvalue weighted by Crippen LogP contribution is 2.38. The molecule has 7 heteroatoms. The van der Waals surface area contributed by atoms with Crippen molar-refractivity contribution in [3.8, 4) is 0 Å². The first-order valence-electron chi connectivity index (χ1n) is 9.36. The number of aryl methyl sites for hydroxylation is 1. The molecule has 0 aromatic carbocycles. The summed E-state index contributed by atoms with van der Waals surface area (Å²) in [6.45, 7) is 4.87. The van der Waals surface area contributed by atoms with Crippen LogP contribution >= 0.6 is 0 Å². The number of rotatable bonds is 6. The van der Waals surface area contributed by atoms with Crippen LogP contribution < -0.4 is 4.90 Å². The van der Waals surface area contributed by atoms with Crippen LogP contribution in [0, 0.1) is 0 Å². The van der Waals surface area contributed by atoms with E-state index in [0.717, 1.165) is 36.7 Å². The van der Waals surface area contributed by atoms with Gasteiger partial charge in [-0.15, -0.1) is 0 Å². The molecule has 2 fully saturated rings. The number of methoxy groups -OCH3 is 1. The number of fused-ring (bicyclic) bond motifs is 3.